The average Bonchev–Trinajstić information content (AvgIpc) is 2.39. The summed E-state index contributed by atoms with van der Waals surface area (Å²) in [6, 6.07) is -0.230. The van der Waals surface area contributed by atoms with Gasteiger partial charge in [0.05, 0.1) is 20.8 Å². The lowest BCUT2D eigenvalue weighted by molar-refractivity contribution is 0.0894. The predicted molar refractivity (Wildman–Crippen MR) is 37.6 cm³/mol. The summed E-state index contributed by atoms with van der Waals surface area (Å²) in [5.41, 5.74) is 0.625. The largest absolute Gasteiger partial charge is 0.467 e. The normalized spacial score (nSPS) is 15.5. The molecule has 1 aliphatic heterocycles. The van der Waals surface area contributed by atoms with Crippen molar-refractivity contribution in [1.29, 1.82) is 0 Å². The first-order valence-electron chi connectivity index (χ1n) is 3.14. The number of carbonyl (C=O) groups excluding carboxylic acids is 1. The van der Waals surface area contributed by atoms with E-state index in [4.69, 9.17) is 9.47 Å². The molecule has 0 aliphatic carbocycles. The Morgan fingerprint density at radius 3 is 2.45 bits per heavy atom. The van der Waals surface area contributed by atoms with Gasteiger partial charge >= 0.3 is 12.0 Å². The first-order valence-corrected chi connectivity index (χ1v) is 3.14. The van der Waals surface area contributed by atoms with Crippen LogP contribution in [-0.2, 0) is 9.47 Å². The molecule has 1 aliphatic rings. The van der Waals surface area contributed by atoms with Gasteiger partial charge in [0.15, 0.2) is 0 Å². The number of methoxy groups -OCH3 is 2. The molecule has 0 radical (unpaired) electrons. The van der Waals surface area contributed by atoms with Crippen LogP contribution in [0, 0.1) is 0 Å². The Morgan fingerprint density at radius 2 is 2.09 bits per heavy atom. The summed E-state index contributed by atoms with van der Waals surface area (Å²) >= 11 is 0. The minimum absolute atomic E-state index is 0.230. The number of amides is 2. The first kappa shape index (κ1) is 7.71. The number of rotatable bonds is 2. The molecular formula is C6H10N2O3. The molecule has 0 atom stereocenters. The van der Waals surface area contributed by atoms with Crippen LogP contribution in [0.25, 0.3) is 0 Å². The predicted octanol–water partition coefficient (Wildman–Crippen LogP) is -0.239. The van der Waals surface area contributed by atoms with Crippen LogP contribution >= 0.6 is 0 Å². The van der Waals surface area contributed by atoms with Crippen LogP contribution in [0.3, 0.4) is 0 Å². The molecule has 1 rings (SSSR count). The third-order valence-corrected chi connectivity index (χ3v) is 1.31. The lowest BCUT2D eigenvalue weighted by Crippen LogP contribution is -2.20. The van der Waals surface area contributed by atoms with Crippen molar-refractivity contribution in [3.05, 3.63) is 11.6 Å². The van der Waals surface area contributed by atoms with E-state index in [2.05, 4.69) is 10.6 Å². The minimum atomic E-state index is -0.230. The zero-order valence-electron chi connectivity index (χ0n) is 6.43. The molecule has 1 saturated heterocycles. The second kappa shape index (κ2) is 3.14. The highest BCUT2D eigenvalue weighted by Gasteiger charge is 2.18. The van der Waals surface area contributed by atoms with Gasteiger partial charge in [-0.25, -0.2) is 4.79 Å². The number of ether oxygens (including phenoxy) is 2. The van der Waals surface area contributed by atoms with Gasteiger partial charge in [-0.1, -0.05) is 0 Å². The fourth-order valence-electron chi connectivity index (χ4n) is 0.847. The van der Waals surface area contributed by atoms with E-state index >= 15 is 0 Å². The third-order valence-electron chi connectivity index (χ3n) is 1.31. The Bertz CT molecular complexity index is 194. The number of hydrogen-bond acceptors (Lipinski definition) is 3. The number of urea groups is 1. The van der Waals surface area contributed by atoms with Crippen LogP contribution in [0.5, 0.6) is 0 Å². The standard InChI is InChI=1S/C6H10N2O3/c1-10-5(11-2)4-3-7-6(9)8-4/h3H2,1-2H3,(H2,7,8,9). The number of nitrogens with one attached hydrogen (secondary N) is 2. The molecule has 0 unspecified atom stereocenters. The molecule has 2 amide bonds. The van der Waals surface area contributed by atoms with Crippen LogP contribution in [0.4, 0.5) is 4.79 Å². The number of hydrogen-bond donors (Lipinski definition) is 2. The topological polar surface area (TPSA) is 59.6 Å². The Labute approximate surface area is 64.4 Å². The SMILES string of the molecule is COC(OC)=C1CNC(=O)N1. The van der Waals surface area contributed by atoms with Crippen molar-refractivity contribution in [3.63, 3.8) is 0 Å². The van der Waals surface area contributed by atoms with Gasteiger partial charge in [-0.15, -0.1) is 0 Å². The Kier molecular flexibility index (Phi) is 2.20. The van der Waals surface area contributed by atoms with Crippen LogP contribution in [0.2, 0.25) is 0 Å². The molecule has 0 aromatic carbocycles. The van der Waals surface area contributed by atoms with Crippen molar-refractivity contribution < 1.29 is 14.3 Å². The van der Waals surface area contributed by atoms with Crippen LogP contribution in [0.1, 0.15) is 0 Å². The van der Waals surface area contributed by atoms with Crippen molar-refractivity contribution in [2.75, 3.05) is 20.8 Å². The molecule has 0 bridgehead atoms. The number of carbonyl (C=O) groups is 1. The van der Waals surface area contributed by atoms with Crippen LogP contribution < -0.4 is 10.6 Å². The summed E-state index contributed by atoms with van der Waals surface area (Å²) in [7, 11) is 2.96. The summed E-state index contributed by atoms with van der Waals surface area (Å²) in [4.78, 5) is 10.6. The quantitative estimate of drug-likeness (QED) is 0.545. The summed E-state index contributed by atoms with van der Waals surface area (Å²) in [6.07, 6.45) is 0. The summed E-state index contributed by atoms with van der Waals surface area (Å²) in [5.74, 6) is 0.336. The average molecular weight is 158 g/mol. The second-order valence-electron chi connectivity index (χ2n) is 1.98. The fraction of sp³-hybridized carbons (Fsp3) is 0.500. The molecule has 62 valence electrons. The summed E-state index contributed by atoms with van der Waals surface area (Å²) in [5, 5.41) is 5.09. The van der Waals surface area contributed by atoms with Crippen molar-refractivity contribution in [3.8, 4) is 0 Å². The van der Waals surface area contributed by atoms with E-state index in [1.54, 1.807) is 0 Å². The van der Waals surface area contributed by atoms with Crippen LogP contribution in [0.15, 0.2) is 11.6 Å². The van der Waals surface area contributed by atoms with E-state index in [1.165, 1.54) is 14.2 Å². The van der Waals surface area contributed by atoms with E-state index < -0.39 is 0 Å². The lowest BCUT2D eigenvalue weighted by Gasteiger charge is -2.05. The van der Waals surface area contributed by atoms with Crippen molar-refractivity contribution in [1.82, 2.24) is 10.6 Å². The van der Waals surface area contributed by atoms with E-state index in [-0.39, 0.29) is 6.03 Å². The zero-order valence-corrected chi connectivity index (χ0v) is 6.43. The maximum Gasteiger partial charge on any atom is 0.319 e. The molecule has 11 heavy (non-hydrogen) atoms. The first-order chi connectivity index (χ1) is 5.27. The highest BCUT2D eigenvalue weighted by Crippen LogP contribution is 2.05. The molecule has 5 heteroatoms. The molecule has 0 saturated carbocycles. The van der Waals surface area contributed by atoms with Gasteiger partial charge in [-0.2, -0.15) is 0 Å². The maximum atomic E-state index is 10.6. The highest BCUT2D eigenvalue weighted by molar-refractivity contribution is 5.79. The van der Waals surface area contributed by atoms with Crippen LogP contribution in [-0.4, -0.2) is 26.8 Å². The van der Waals surface area contributed by atoms with Crippen molar-refractivity contribution >= 4 is 6.03 Å². The molecule has 0 aromatic heterocycles. The lowest BCUT2D eigenvalue weighted by atomic mass is 10.5. The molecule has 5 nitrogen and oxygen atoms in total. The summed E-state index contributed by atoms with van der Waals surface area (Å²) in [6.45, 7) is 0.426. The Balaban J connectivity index is 2.70. The van der Waals surface area contributed by atoms with Crippen molar-refractivity contribution in [2.45, 2.75) is 0 Å². The molecule has 2 N–H and O–H groups in total. The molecule has 1 fully saturated rings. The van der Waals surface area contributed by atoms with E-state index in [1.807, 2.05) is 0 Å². The van der Waals surface area contributed by atoms with E-state index in [0.717, 1.165) is 0 Å². The van der Waals surface area contributed by atoms with Gasteiger partial charge in [-0.3, -0.25) is 0 Å². The van der Waals surface area contributed by atoms with Gasteiger partial charge in [0.2, 0.25) is 0 Å². The van der Waals surface area contributed by atoms with Crippen molar-refractivity contribution in [2.24, 2.45) is 0 Å². The maximum absolute atomic E-state index is 10.6. The minimum Gasteiger partial charge on any atom is -0.467 e. The second-order valence-corrected chi connectivity index (χ2v) is 1.98. The smallest absolute Gasteiger partial charge is 0.319 e. The Morgan fingerprint density at radius 1 is 1.45 bits per heavy atom. The van der Waals surface area contributed by atoms with Gasteiger partial charge in [-0.05, 0) is 0 Å². The Hall–Kier alpha value is -1.39. The van der Waals surface area contributed by atoms with Gasteiger partial charge in [0, 0.05) is 0 Å². The summed E-state index contributed by atoms with van der Waals surface area (Å²) < 4.78 is 9.67. The van der Waals surface area contributed by atoms with Gasteiger partial charge < -0.3 is 20.1 Å². The molecular weight excluding hydrogens is 148 g/mol. The fourth-order valence-corrected chi connectivity index (χ4v) is 0.847. The highest BCUT2D eigenvalue weighted by atomic mass is 16.7. The third kappa shape index (κ3) is 1.54. The molecule has 0 spiro atoms. The monoisotopic (exact) mass is 158 g/mol. The zero-order chi connectivity index (χ0) is 8.27. The van der Waals surface area contributed by atoms with Gasteiger partial charge in [0.25, 0.3) is 0 Å². The van der Waals surface area contributed by atoms with E-state index in [0.29, 0.717) is 18.2 Å². The van der Waals surface area contributed by atoms with E-state index in [9.17, 15) is 4.79 Å². The molecule has 0 aromatic rings. The van der Waals surface area contributed by atoms with Gasteiger partial charge in [0.1, 0.15) is 5.70 Å². The molecule has 1 heterocycles.